The fourth-order valence-corrected chi connectivity index (χ4v) is 2.39. The van der Waals surface area contributed by atoms with Crippen LogP contribution in [-0.2, 0) is 4.79 Å². The summed E-state index contributed by atoms with van der Waals surface area (Å²) in [4.78, 5) is 11.7. The van der Waals surface area contributed by atoms with E-state index in [0.717, 1.165) is 12.8 Å². The van der Waals surface area contributed by atoms with Crippen LogP contribution >= 0.6 is 11.6 Å². The molecule has 1 saturated carbocycles. The van der Waals surface area contributed by atoms with Crippen molar-refractivity contribution < 1.29 is 4.79 Å². The molecule has 1 rings (SSSR count). The first-order chi connectivity index (χ1) is 6.46. The van der Waals surface area contributed by atoms with Gasteiger partial charge in [-0.15, -0.1) is 11.6 Å². The Balaban J connectivity index is 2.54. The van der Waals surface area contributed by atoms with Crippen molar-refractivity contribution in [2.75, 3.05) is 0 Å². The molecule has 1 aliphatic carbocycles. The van der Waals surface area contributed by atoms with Crippen LogP contribution in [0.2, 0.25) is 0 Å². The van der Waals surface area contributed by atoms with Crippen LogP contribution in [0.5, 0.6) is 0 Å². The van der Waals surface area contributed by atoms with Gasteiger partial charge >= 0.3 is 0 Å². The van der Waals surface area contributed by atoms with Crippen molar-refractivity contribution in [1.82, 2.24) is 5.32 Å². The van der Waals surface area contributed by atoms with E-state index < -0.39 is 0 Å². The van der Waals surface area contributed by atoms with Crippen molar-refractivity contribution in [1.29, 1.82) is 0 Å². The summed E-state index contributed by atoms with van der Waals surface area (Å²) < 4.78 is 0. The molecule has 0 aromatic rings. The number of alkyl halides is 1. The summed E-state index contributed by atoms with van der Waals surface area (Å²) in [5.41, 5.74) is 0.0144. The fraction of sp³-hybridized carbons (Fsp3) is 0.909. The van der Waals surface area contributed by atoms with Gasteiger partial charge in [0.25, 0.3) is 0 Å². The molecule has 82 valence electrons. The molecule has 1 unspecified atom stereocenters. The van der Waals surface area contributed by atoms with Crippen LogP contribution < -0.4 is 5.32 Å². The van der Waals surface area contributed by atoms with Gasteiger partial charge in [-0.1, -0.05) is 19.8 Å². The topological polar surface area (TPSA) is 29.1 Å². The monoisotopic (exact) mass is 217 g/mol. The van der Waals surface area contributed by atoms with Crippen LogP contribution in [0.3, 0.4) is 0 Å². The summed E-state index contributed by atoms with van der Waals surface area (Å²) in [6.07, 6.45) is 4.56. The number of nitrogens with one attached hydrogen (secondary N) is 1. The van der Waals surface area contributed by atoms with Gasteiger partial charge in [-0.25, -0.2) is 0 Å². The lowest BCUT2D eigenvalue weighted by atomic mass is 9.84. The number of halogens is 1. The van der Waals surface area contributed by atoms with E-state index in [-0.39, 0.29) is 22.7 Å². The van der Waals surface area contributed by atoms with Crippen LogP contribution in [0.25, 0.3) is 0 Å². The van der Waals surface area contributed by atoms with E-state index in [4.69, 9.17) is 11.6 Å². The second kappa shape index (κ2) is 4.52. The molecule has 0 heterocycles. The van der Waals surface area contributed by atoms with Crippen LogP contribution in [0.15, 0.2) is 0 Å². The molecular formula is C11H20ClNO. The minimum Gasteiger partial charge on any atom is -0.353 e. The van der Waals surface area contributed by atoms with Crippen molar-refractivity contribution in [2.45, 2.75) is 57.9 Å². The summed E-state index contributed by atoms with van der Waals surface area (Å²) in [7, 11) is 0. The van der Waals surface area contributed by atoms with E-state index in [2.05, 4.69) is 12.2 Å². The molecule has 0 aromatic heterocycles. The molecule has 0 aliphatic heterocycles. The molecule has 2 nitrogen and oxygen atoms in total. The number of hydrogen-bond acceptors (Lipinski definition) is 1. The Morgan fingerprint density at radius 2 is 1.86 bits per heavy atom. The lowest BCUT2D eigenvalue weighted by Gasteiger charge is -2.28. The summed E-state index contributed by atoms with van der Waals surface area (Å²) in [5, 5.41) is 2.51. The molecule has 1 atom stereocenters. The maximum Gasteiger partial charge on any atom is 0.238 e. The Labute approximate surface area is 91.4 Å². The average Bonchev–Trinajstić information content (AvgIpc) is 2.51. The van der Waals surface area contributed by atoms with E-state index in [9.17, 15) is 4.79 Å². The zero-order valence-electron chi connectivity index (χ0n) is 9.27. The molecule has 1 amide bonds. The predicted octanol–water partition coefficient (Wildman–Crippen LogP) is 2.70. The number of amides is 1. The van der Waals surface area contributed by atoms with E-state index in [0.29, 0.717) is 0 Å². The lowest BCUT2D eigenvalue weighted by Crippen LogP contribution is -2.43. The standard InChI is InChI=1S/C11H20ClNO/c1-8(2)13-10(14)9(12)11(3)6-4-5-7-11/h8-9H,4-7H2,1-3H3,(H,13,14). The Kier molecular flexibility index (Phi) is 3.82. The Morgan fingerprint density at radius 1 is 1.36 bits per heavy atom. The molecule has 0 spiro atoms. The first-order valence-electron chi connectivity index (χ1n) is 5.40. The molecule has 3 heteroatoms. The summed E-state index contributed by atoms with van der Waals surface area (Å²) in [6, 6.07) is 0.175. The Morgan fingerprint density at radius 3 is 2.29 bits per heavy atom. The molecular weight excluding hydrogens is 198 g/mol. The third kappa shape index (κ3) is 2.63. The van der Waals surface area contributed by atoms with Crippen LogP contribution in [0, 0.1) is 5.41 Å². The number of rotatable bonds is 3. The molecule has 14 heavy (non-hydrogen) atoms. The van der Waals surface area contributed by atoms with Crippen LogP contribution in [-0.4, -0.2) is 17.3 Å². The highest BCUT2D eigenvalue weighted by Crippen LogP contribution is 2.42. The molecule has 1 aliphatic rings. The smallest absolute Gasteiger partial charge is 0.238 e. The number of carbonyl (C=O) groups excluding carboxylic acids is 1. The third-order valence-corrected chi connectivity index (χ3v) is 3.74. The maximum atomic E-state index is 11.7. The molecule has 0 aromatic carbocycles. The van der Waals surface area contributed by atoms with Gasteiger partial charge in [0.05, 0.1) is 0 Å². The third-order valence-electron chi connectivity index (χ3n) is 3.02. The first kappa shape index (κ1) is 11.8. The largest absolute Gasteiger partial charge is 0.353 e. The average molecular weight is 218 g/mol. The molecule has 0 bridgehead atoms. The van der Waals surface area contributed by atoms with Gasteiger partial charge in [0, 0.05) is 6.04 Å². The quantitative estimate of drug-likeness (QED) is 0.724. The molecule has 1 fully saturated rings. The van der Waals surface area contributed by atoms with Crippen LogP contribution in [0.1, 0.15) is 46.5 Å². The number of carbonyl (C=O) groups is 1. The van der Waals surface area contributed by atoms with Crippen molar-refractivity contribution in [3.8, 4) is 0 Å². The van der Waals surface area contributed by atoms with Crippen molar-refractivity contribution in [3.05, 3.63) is 0 Å². The second-order valence-electron chi connectivity index (χ2n) is 4.89. The zero-order valence-corrected chi connectivity index (χ0v) is 10.0. The minimum atomic E-state index is -0.368. The highest BCUT2D eigenvalue weighted by molar-refractivity contribution is 6.31. The normalized spacial score (nSPS) is 22.4. The van der Waals surface area contributed by atoms with Crippen LogP contribution in [0.4, 0.5) is 0 Å². The predicted molar refractivity (Wildman–Crippen MR) is 59.5 cm³/mol. The molecule has 1 N–H and O–H groups in total. The summed E-state index contributed by atoms with van der Waals surface area (Å²) in [5.74, 6) is -0.00827. The first-order valence-corrected chi connectivity index (χ1v) is 5.84. The van der Waals surface area contributed by atoms with Crippen molar-refractivity contribution >= 4 is 17.5 Å². The number of hydrogen-bond donors (Lipinski definition) is 1. The Hall–Kier alpha value is -0.240. The lowest BCUT2D eigenvalue weighted by molar-refractivity contribution is -0.123. The van der Waals surface area contributed by atoms with E-state index in [1.165, 1.54) is 12.8 Å². The van der Waals surface area contributed by atoms with Gasteiger partial charge in [-0.05, 0) is 32.1 Å². The minimum absolute atomic E-state index is 0.00827. The fourth-order valence-electron chi connectivity index (χ4n) is 2.11. The van der Waals surface area contributed by atoms with E-state index in [1.54, 1.807) is 0 Å². The second-order valence-corrected chi connectivity index (χ2v) is 5.32. The Bertz CT molecular complexity index is 209. The highest BCUT2D eigenvalue weighted by atomic mass is 35.5. The SMILES string of the molecule is CC(C)NC(=O)C(Cl)C1(C)CCCC1. The summed E-state index contributed by atoms with van der Waals surface area (Å²) in [6.45, 7) is 6.04. The maximum absolute atomic E-state index is 11.7. The molecule has 0 saturated heterocycles. The van der Waals surface area contributed by atoms with Gasteiger partial charge in [0.2, 0.25) is 5.91 Å². The zero-order chi connectivity index (χ0) is 10.8. The van der Waals surface area contributed by atoms with Gasteiger partial charge < -0.3 is 5.32 Å². The van der Waals surface area contributed by atoms with E-state index >= 15 is 0 Å². The summed E-state index contributed by atoms with van der Waals surface area (Å²) >= 11 is 6.21. The molecule has 0 radical (unpaired) electrons. The highest BCUT2D eigenvalue weighted by Gasteiger charge is 2.39. The van der Waals surface area contributed by atoms with Gasteiger partial charge in [-0.3, -0.25) is 4.79 Å². The van der Waals surface area contributed by atoms with Crippen molar-refractivity contribution in [3.63, 3.8) is 0 Å². The van der Waals surface area contributed by atoms with Gasteiger partial charge in [-0.2, -0.15) is 0 Å². The van der Waals surface area contributed by atoms with Crippen molar-refractivity contribution in [2.24, 2.45) is 5.41 Å². The van der Waals surface area contributed by atoms with Gasteiger partial charge in [0.15, 0.2) is 0 Å². The van der Waals surface area contributed by atoms with Gasteiger partial charge in [0.1, 0.15) is 5.38 Å². The van der Waals surface area contributed by atoms with E-state index in [1.807, 2.05) is 13.8 Å².